The highest BCUT2D eigenvalue weighted by Crippen LogP contribution is 2.34. The SMILES string of the molecule is Cc1cccc(CN2C(=O)/C(=C/c3ccc(-c4ccc(C(=O)O)cc4)o3)SC2=S)c1. The molecule has 0 aliphatic carbocycles. The molecule has 0 bridgehead atoms. The van der Waals surface area contributed by atoms with Gasteiger partial charge in [-0.2, -0.15) is 0 Å². The minimum absolute atomic E-state index is 0.143. The number of carbonyl (C=O) groups is 2. The Kier molecular flexibility index (Phi) is 5.57. The third kappa shape index (κ3) is 4.22. The average molecular weight is 436 g/mol. The van der Waals surface area contributed by atoms with Gasteiger partial charge in [-0.1, -0.05) is 65.9 Å². The molecule has 0 spiro atoms. The summed E-state index contributed by atoms with van der Waals surface area (Å²) in [5.74, 6) is 0.00133. The lowest BCUT2D eigenvalue weighted by molar-refractivity contribution is -0.122. The fraction of sp³-hybridized carbons (Fsp3) is 0.0870. The first kappa shape index (κ1) is 20.1. The van der Waals surface area contributed by atoms with Gasteiger partial charge < -0.3 is 9.52 Å². The Labute approximate surface area is 183 Å². The number of hydrogen-bond donors (Lipinski definition) is 1. The molecule has 7 heteroatoms. The molecule has 150 valence electrons. The van der Waals surface area contributed by atoms with Crippen molar-refractivity contribution in [3.05, 3.63) is 88.0 Å². The van der Waals surface area contributed by atoms with E-state index < -0.39 is 5.97 Å². The Morgan fingerprint density at radius 2 is 1.93 bits per heavy atom. The average Bonchev–Trinajstić information content (AvgIpc) is 3.29. The van der Waals surface area contributed by atoms with Gasteiger partial charge in [0.05, 0.1) is 17.0 Å². The van der Waals surface area contributed by atoms with Crippen LogP contribution in [0.25, 0.3) is 17.4 Å². The third-order valence-electron chi connectivity index (χ3n) is 4.61. The Bertz CT molecular complexity index is 1180. The molecule has 30 heavy (non-hydrogen) atoms. The van der Waals surface area contributed by atoms with Gasteiger partial charge in [0.15, 0.2) is 0 Å². The van der Waals surface area contributed by atoms with Crippen LogP contribution in [-0.2, 0) is 11.3 Å². The van der Waals surface area contributed by atoms with E-state index >= 15 is 0 Å². The van der Waals surface area contributed by atoms with Gasteiger partial charge in [-0.05, 0) is 36.8 Å². The number of benzene rings is 2. The van der Waals surface area contributed by atoms with Crippen molar-refractivity contribution in [3.63, 3.8) is 0 Å². The zero-order chi connectivity index (χ0) is 21.3. The van der Waals surface area contributed by atoms with E-state index in [1.165, 1.54) is 23.9 Å². The molecule has 2 heterocycles. The molecule has 4 rings (SSSR count). The number of rotatable bonds is 5. The van der Waals surface area contributed by atoms with Crippen molar-refractivity contribution in [2.24, 2.45) is 0 Å². The summed E-state index contributed by atoms with van der Waals surface area (Å²) in [5, 5.41) is 9.00. The molecule has 3 aromatic rings. The summed E-state index contributed by atoms with van der Waals surface area (Å²) in [6.07, 6.45) is 1.69. The Morgan fingerprint density at radius 1 is 1.17 bits per heavy atom. The number of carboxylic acids is 1. The molecule has 0 atom stereocenters. The van der Waals surface area contributed by atoms with Crippen LogP contribution in [0.1, 0.15) is 27.2 Å². The number of carbonyl (C=O) groups excluding carboxylic acids is 1. The van der Waals surface area contributed by atoms with Crippen LogP contribution in [0.2, 0.25) is 0 Å². The molecule has 1 N–H and O–H groups in total. The maximum absolute atomic E-state index is 12.8. The van der Waals surface area contributed by atoms with Crippen LogP contribution in [0.5, 0.6) is 0 Å². The number of hydrogen-bond acceptors (Lipinski definition) is 5. The van der Waals surface area contributed by atoms with Crippen LogP contribution in [0.3, 0.4) is 0 Å². The van der Waals surface area contributed by atoms with Crippen LogP contribution in [0, 0.1) is 6.92 Å². The topological polar surface area (TPSA) is 70.8 Å². The van der Waals surface area contributed by atoms with Gasteiger partial charge in [0.2, 0.25) is 0 Å². The minimum atomic E-state index is -0.977. The largest absolute Gasteiger partial charge is 0.478 e. The van der Waals surface area contributed by atoms with E-state index in [9.17, 15) is 9.59 Å². The van der Waals surface area contributed by atoms with E-state index in [0.717, 1.165) is 16.7 Å². The molecule has 2 aromatic carbocycles. The number of nitrogens with zero attached hydrogens (tertiary/aromatic N) is 1. The monoisotopic (exact) mass is 435 g/mol. The summed E-state index contributed by atoms with van der Waals surface area (Å²) in [5.41, 5.74) is 3.13. The highest BCUT2D eigenvalue weighted by Gasteiger charge is 2.32. The molecule has 0 saturated carbocycles. The minimum Gasteiger partial charge on any atom is -0.478 e. The highest BCUT2D eigenvalue weighted by molar-refractivity contribution is 8.26. The van der Waals surface area contributed by atoms with Gasteiger partial charge in [-0.15, -0.1) is 0 Å². The molecule has 1 aliphatic heterocycles. The lowest BCUT2D eigenvalue weighted by Gasteiger charge is -2.14. The van der Waals surface area contributed by atoms with Gasteiger partial charge in [0.25, 0.3) is 5.91 Å². The molecule has 1 amide bonds. The standard InChI is InChI=1S/C23H17NO4S2/c1-14-3-2-4-15(11-14)13-24-21(25)20(30-23(24)29)12-18-9-10-19(28-18)16-5-7-17(8-6-16)22(26)27/h2-12H,13H2,1H3,(H,26,27)/b20-12-. The van der Waals surface area contributed by atoms with Gasteiger partial charge >= 0.3 is 5.97 Å². The number of thioether (sulfide) groups is 1. The summed E-state index contributed by atoms with van der Waals surface area (Å²) in [6, 6.07) is 18.0. The molecule has 1 aromatic heterocycles. The Morgan fingerprint density at radius 3 is 2.63 bits per heavy atom. The summed E-state index contributed by atoms with van der Waals surface area (Å²) >= 11 is 6.66. The van der Waals surface area contributed by atoms with E-state index in [0.29, 0.717) is 27.3 Å². The number of aryl methyl sites for hydroxylation is 1. The Balaban J connectivity index is 1.52. The molecular weight excluding hydrogens is 418 g/mol. The normalized spacial score (nSPS) is 15.2. The zero-order valence-electron chi connectivity index (χ0n) is 16.0. The molecular formula is C23H17NO4S2. The molecule has 5 nitrogen and oxygen atoms in total. The van der Waals surface area contributed by atoms with Crippen molar-refractivity contribution >= 4 is 46.3 Å². The number of amides is 1. The maximum Gasteiger partial charge on any atom is 0.335 e. The number of aromatic carboxylic acids is 1. The van der Waals surface area contributed by atoms with E-state index in [1.807, 2.05) is 31.2 Å². The van der Waals surface area contributed by atoms with Crippen molar-refractivity contribution < 1.29 is 19.1 Å². The van der Waals surface area contributed by atoms with Crippen molar-refractivity contribution in [2.75, 3.05) is 0 Å². The fourth-order valence-electron chi connectivity index (χ4n) is 3.12. The highest BCUT2D eigenvalue weighted by atomic mass is 32.2. The number of carboxylic acid groups (broad SMARTS) is 1. The van der Waals surface area contributed by atoms with Crippen molar-refractivity contribution in [1.29, 1.82) is 0 Å². The Hall–Kier alpha value is -3.16. The van der Waals surface area contributed by atoms with Crippen LogP contribution >= 0.6 is 24.0 Å². The van der Waals surface area contributed by atoms with Crippen LogP contribution in [0.15, 0.2) is 70.0 Å². The van der Waals surface area contributed by atoms with E-state index in [1.54, 1.807) is 35.2 Å². The predicted octanol–water partition coefficient (Wildman–Crippen LogP) is 5.35. The summed E-state index contributed by atoms with van der Waals surface area (Å²) < 4.78 is 6.35. The van der Waals surface area contributed by atoms with E-state index in [-0.39, 0.29) is 11.5 Å². The van der Waals surface area contributed by atoms with Gasteiger partial charge in [0, 0.05) is 11.6 Å². The lowest BCUT2D eigenvalue weighted by atomic mass is 10.1. The van der Waals surface area contributed by atoms with Crippen LogP contribution < -0.4 is 0 Å². The smallest absolute Gasteiger partial charge is 0.335 e. The molecule has 1 aliphatic rings. The first-order chi connectivity index (χ1) is 14.4. The fourth-order valence-corrected chi connectivity index (χ4v) is 4.36. The quantitative estimate of drug-likeness (QED) is 0.430. The molecule has 0 radical (unpaired) electrons. The van der Waals surface area contributed by atoms with E-state index in [4.69, 9.17) is 21.7 Å². The van der Waals surface area contributed by atoms with Crippen molar-refractivity contribution in [1.82, 2.24) is 4.90 Å². The third-order valence-corrected chi connectivity index (χ3v) is 5.99. The second-order valence-corrected chi connectivity index (χ2v) is 8.52. The van der Waals surface area contributed by atoms with Gasteiger partial charge in [0.1, 0.15) is 15.8 Å². The van der Waals surface area contributed by atoms with Gasteiger partial charge in [-0.25, -0.2) is 4.79 Å². The van der Waals surface area contributed by atoms with Crippen LogP contribution in [0.4, 0.5) is 0 Å². The molecule has 0 unspecified atom stereocenters. The summed E-state index contributed by atoms with van der Waals surface area (Å²) in [6.45, 7) is 2.44. The first-order valence-corrected chi connectivity index (χ1v) is 10.4. The van der Waals surface area contributed by atoms with Crippen molar-refractivity contribution in [3.8, 4) is 11.3 Å². The number of thiocarbonyl (C=S) groups is 1. The second-order valence-electron chi connectivity index (χ2n) is 6.84. The predicted molar refractivity (Wildman–Crippen MR) is 121 cm³/mol. The maximum atomic E-state index is 12.8. The van der Waals surface area contributed by atoms with Gasteiger partial charge in [-0.3, -0.25) is 9.69 Å². The van der Waals surface area contributed by atoms with Crippen molar-refractivity contribution in [2.45, 2.75) is 13.5 Å². The summed E-state index contributed by atoms with van der Waals surface area (Å²) in [4.78, 5) is 25.9. The molecule has 1 saturated heterocycles. The van der Waals surface area contributed by atoms with Crippen LogP contribution in [-0.4, -0.2) is 26.2 Å². The zero-order valence-corrected chi connectivity index (χ0v) is 17.6. The first-order valence-electron chi connectivity index (χ1n) is 9.15. The molecule has 1 fully saturated rings. The number of furan rings is 1. The van der Waals surface area contributed by atoms with E-state index in [2.05, 4.69) is 0 Å². The summed E-state index contributed by atoms with van der Waals surface area (Å²) in [7, 11) is 0. The lowest BCUT2D eigenvalue weighted by Crippen LogP contribution is -2.27. The second kappa shape index (κ2) is 8.30.